The predicted molar refractivity (Wildman–Crippen MR) is 87.8 cm³/mol. The summed E-state index contributed by atoms with van der Waals surface area (Å²) in [7, 11) is -1.79. The standard InChI is InChI=1S/C17H14N2O3S/c1-19(11-13-10-12-6-2-4-8-15(12)22-13)17-14-7-3-5-9-16(14)23(20,21)18-17/h2-10H,11H2,1H3. The van der Waals surface area contributed by atoms with Crippen molar-refractivity contribution >= 4 is 26.8 Å². The largest absolute Gasteiger partial charge is 0.459 e. The molecule has 0 amide bonds. The van der Waals surface area contributed by atoms with Crippen molar-refractivity contribution in [2.75, 3.05) is 7.05 Å². The molecule has 0 fully saturated rings. The van der Waals surface area contributed by atoms with Gasteiger partial charge in [0.25, 0.3) is 10.0 Å². The number of para-hydroxylation sites is 1. The molecule has 2 heterocycles. The topological polar surface area (TPSA) is 62.9 Å². The Bertz CT molecular complexity index is 1000. The Morgan fingerprint density at radius 2 is 1.83 bits per heavy atom. The Labute approximate surface area is 133 Å². The zero-order valence-corrected chi connectivity index (χ0v) is 13.2. The molecule has 0 radical (unpaired) electrons. The number of amidine groups is 1. The molecule has 4 rings (SSSR count). The van der Waals surface area contributed by atoms with Crippen LogP contribution in [0.3, 0.4) is 0 Å². The lowest BCUT2D eigenvalue weighted by molar-refractivity contribution is 0.426. The monoisotopic (exact) mass is 326 g/mol. The maximum Gasteiger partial charge on any atom is 0.285 e. The van der Waals surface area contributed by atoms with Crippen LogP contribution in [0.1, 0.15) is 11.3 Å². The van der Waals surface area contributed by atoms with Crippen LogP contribution in [-0.4, -0.2) is 26.2 Å². The second kappa shape index (κ2) is 4.96. The van der Waals surface area contributed by atoms with E-state index in [2.05, 4.69) is 4.40 Å². The maximum atomic E-state index is 12.1. The quantitative estimate of drug-likeness (QED) is 0.726. The van der Waals surface area contributed by atoms with E-state index in [9.17, 15) is 8.42 Å². The predicted octanol–water partition coefficient (Wildman–Crippen LogP) is 3.01. The van der Waals surface area contributed by atoms with Gasteiger partial charge in [-0.15, -0.1) is 4.40 Å². The molecule has 1 aromatic heterocycles. The Hall–Kier alpha value is -2.60. The highest BCUT2D eigenvalue weighted by atomic mass is 32.2. The number of hydrogen-bond donors (Lipinski definition) is 0. The van der Waals surface area contributed by atoms with E-state index in [1.54, 1.807) is 23.1 Å². The number of sulfonamides is 1. The van der Waals surface area contributed by atoms with E-state index in [4.69, 9.17) is 4.42 Å². The molecule has 0 N–H and O–H groups in total. The minimum atomic E-state index is -3.60. The summed E-state index contributed by atoms with van der Waals surface area (Å²) in [5.74, 6) is 1.21. The van der Waals surface area contributed by atoms with Gasteiger partial charge >= 0.3 is 0 Å². The smallest absolute Gasteiger partial charge is 0.285 e. The maximum absolute atomic E-state index is 12.1. The lowest BCUT2D eigenvalue weighted by atomic mass is 10.2. The molecule has 0 saturated carbocycles. The van der Waals surface area contributed by atoms with Gasteiger partial charge in [-0.3, -0.25) is 0 Å². The molecule has 1 aliphatic heterocycles. The highest BCUT2D eigenvalue weighted by molar-refractivity contribution is 7.90. The number of fused-ring (bicyclic) bond motifs is 2. The summed E-state index contributed by atoms with van der Waals surface area (Å²) in [6.45, 7) is 0.442. The van der Waals surface area contributed by atoms with Crippen molar-refractivity contribution in [3.63, 3.8) is 0 Å². The fourth-order valence-corrected chi connectivity index (χ4v) is 4.04. The summed E-state index contributed by atoms with van der Waals surface area (Å²) in [6.07, 6.45) is 0. The molecular weight excluding hydrogens is 312 g/mol. The molecule has 23 heavy (non-hydrogen) atoms. The van der Waals surface area contributed by atoms with Gasteiger partial charge < -0.3 is 9.32 Å². The third-order valence-electron chi connectivity index (χ3n) is 3.84. The molecule has 2 aromatic carbocycles. The summed E-state index contributed by atoms with van der Waals surface area (Å²) >= 11 is 0. The Morgan fingerprint density at radius 1 is 1.09 bits per heavy atom. The van der Waals surface area contributed by atoms with Gasteiger partial charge in [-0.05, 0) is 24.3 Å². The molecule has 1 aliphatic rings. The molecule has 0 bridgehead atoms. The van der Waals surface area contributed by atoms with Crippen molar-refractivity contribution in [2.45, 2.75) is 11.4 Å². The summed E-state index contributed by atoms with van der Waals surface area (Å²) in [6, 6.07) is 16.6. The second-order valence-electron chi connectivity index (χ2n) is 5.49. The first-order valence-electron chi connectivity index (χ1n) is 7.17. The van der Waals surface area contributed by atoms with Gasteiger partial charge in [0, 0.05) is 18.0 Å². The van der Waals surface area contributed by atoms with Crippen LogP contribution in [0.15, 0.2) is 68.3 Å². The van der Waals surface area contributed by atoms with Crippen LogP contribution in [0, 0.1) is 0 Å². The van der Waals surface area contributed by atoms with E-state index in [0.29, 0.717) is 17.9 Å². The summed E-state index contributed by atoms with van der Waals surface area (Å²) < 4.78 is 34.0. The van der Waals surface area contributed by atoms with Gasteiger partial charge in [-0.25, -0.2) is 0 Å². The van der Waals surface area contributed by atoms with Gasteiger partial charge in [0.2, 0.25) is 0 Å². The van der Waals surface area contributed by atoms with Gasteiger partial charge in [0.15, 0.2) is 5.84 Å². The number of benzene rings is 2. The molecular formula is C17H14N2O3S. The average Bonchev–Trinajstić information content (AvgIpc) is 3.06. The normalized spacial score (nSPS) is 15.4. The molecule has 6 heteroatoms. The molecule has 0 atom stereocenters. The van der Waals surface area contributed by atoms with Crippen LogP contribution >= 0.6 is 0 Å². The van der Waals surface area contributed by atoms with E-state index >= 15 is 0 Å². The third kappa shape index (κ3) is 2.31. The van der Waals surface area contributed by atoms with E-state index in [-0.39, 0.29) is 4.90 Å². The second-order valence-corrected chi connectivity index (χ2v) is 7.07. The minimum absolute atomic E-state index is 0.256. The average molecular weight is 326 g/mol. The molecule has 3 aromatic rings. The Kier molecular flexibility index (Phi) is 3.02. The van der Waals surface area contributed by atoms with Gasteiger partial charge in [-0.1, -0.05) is 30.3 Å². The number of hydrogen-bond acceptors (Lipinski definition) is 4. The van der Waals surface area contributed by atoms with Crippen molar-refractivity contribution < 1.29 is 12.8 Å². The first kappa shape index (κ1) is 14.0. The minimum Gasteiger partial charge on any atom is -0.459 e. The fourth-order valence-electron chi connectivity index (χ4n) is 2.79. The van der Waals surface area contributed by atoms with Gasteiger partial charge in [0.05, 0.1) is 6.54 Å². The van der Waals surface area contributed by atoms with Crippen LogP contribution in [0.4, 0.5) is 0 Å². The highest BCUT2D eigenvalue weighted by Crippen LogP contribution is 2.28. The van der Waals surface area contributed by atoms with Crippen LogP contribution in [0.25, 0.3) is 11.0 Å². The van der Waals surface area contributed by atoms with Gasteiger partial charge in [-0.2, -0.15) is 8.42 Å². The first-order valence-corrected chi connectivity index (χ1v) is 8.61. The lowest BCUT2D eigenvalue weighted by Gasteiger charge is -2.17. The van der Waals surface area contributed by atoms with E-state index < -0.39 is 10.0 Å². The van der Waals surface area contributed by atoms with Crippen molar-refractivity contribution in [1.82, 2.24) is 4.90 Å². The SMILES string of the molecule is CN(Cc1cc2ccccc2o1)C1=NS(=O)(=O)c2ccccc21. The summed E-state index contributed by atoms with van der Waals surface area (Å²) in [5, 5.41) is 1.03. The van der Waals surface area contributed by atoms with Crippen molar-refractivity contribution in [2.24, 2.45) is 4.40 Å². The molecule has 0 spiro atoms. The molecule has 0 unspecified atom stereocenters. The molecule has 116 valence electrons. The molecule has 0 aliphatic carbocycles. The van der Waals surface area contributed by atoms with Crippen molar-refractivity contribution in [1.29, 1.82) is 0 Å². The van der Waals surface area contributed by atoms with Crippen LogP contribution in [0.5, 0.6) is 0 Å². The van der Waals surface area contributed by atoms with E-state index in [1.807, 2.05) is 43.4 Å². The fraction of sp³-hybridized carbons (Fsp3) is 0.118. The lowest BCUT2D eigenvalue weighted by Crippen LogP contribution is -2.25. The Balaban J connectivity index is 1.69. The summed E-state index contributed by atoms with van der Waals surface area (Å²) in [5.41, 5.74) is 1.45. The Morgan fingerprint density at radius 3 is 2.65 bits per heavy atom. The zero-order chi connectivity index (χ0) is 16.0. The highest BCUT2D eigenvalue weighted by Gasteiger charge is 2.30. The number of nitrogens with zero attached hydrogens (tertiary/aromatic N) is 2. The van der Waals surface area contributed by atoms with Crippen LogP contribution in [-0.2, 0) is 16.6 Å². The zero-order valence-electron chi connectivity index (χ0n) is 12.4. The van der Waals surface area contributed by atoms with Crippen LogP contribution < -0.4 is 0 Å². The van der Waals surface area contributed by atoms with Crippen molar-refractivity contribution in [3.05, 3.63) is 65.9 Å². The van der Waals surface area contributed by atoms with E-state index in [0.717, 1.165) is 16.7 Å². The third-order valence-corrected chi connectivity index (χ3v) is 5.17. The molecule has 0 saturated heterocycles. The summed E-state index contributed by atoms with van der Waals surface area (Å²) in [4.78, 5) is 2.05. The van der Waals surface area contributed by atoms with Crippen LogP contribution in [0.2, 0.25) is 0 Å². The number of rotatable bonds is 2. The van der Waals surface area contributed by atoms with Gasteiger partial charge in [0.1, 0.15) is 16.2 Å². The van der Waals surface area contributed by atoms with Crippen molar-refractivity contribution in [3.8, 4) is 0 Å². The molecule has 5 nitrogen and oxygen atoms in total. The van der Waals surface area contributed by atoms with E-state index in [1.165, 1.54) is 0 Å². The number of furan rings is 1. The first-order chi connectivity index (χ1) is 11.0.